The molecule has 1 unspecified atom stereocenters. The van der Waals surface area contributed by atoms with Crippen LogP contribution in [0.15, 0.2) is 24.4 Å². The molecule has 0 aliphatic rings. The largest absolute Gasteiger partial charge is 0.388 e. The Hall–Kier alpha value is -1.32. The minimum absolute atomic E-state index is 0.451. The summed E-state index contributed by atoms with van der Waals surface area (Å²) in [6.45, 7) is 2.58. The number of nitrogens with zero attached hydrogens (tertiary/aromatic N) is 1. The molecule has 2 rings (SSSR count). The molecule has 0 radical (unpaired) electrons. The fourth-order valence-corrected chi connectivity index (χ4v) is 2.23. The first kappa shape index (κ1) is 11.2. The number of aromatic nitrogens is 1. The maximum Gasteiger partial charge on any atom is 0.0802 e. The molecule has 0 saturated heterocycles. The summed E-state index contributed by atoms with van der Waals surface area (Å²) in [7, 11) is 2.03. The molecule has 1 aromatic heterocycles. The van der Waals surface area contributed by atoms with Gasteiger partial charge in [0, 0.05) is 18.6 Å². The van der Waals surface area contributed by atoms with Gasteiger partial charge in [-0.15, -0.1) is 0 Å². The Labute approximate surface area is 95.5 Å². The molecule has 1 aromatic carbocycles. The van der Waals surface area contributed by atoms with Gasteiger partial charge in [0.05, 0.1) is 11.6 Å². The molecule has 0 spiro atoms. The Morgan fingerprint density at radius 1 is 1.44 bits per heavy atom. The fraction of sp³-hybridized carbons (Fsp3) is 0.385. The molecule has 3 nitrogen and oxygen atoms in total. The van der Waals surface area contributed by atoms with Crippen molar-refractivity contribution in [1.82, 2.24) is 4.57 Å². The molecular weight excluding hydrogens is 200 g/mol. The Balaban J connectivity index is 2.50. The van der Waals surface area contributed by atoms with E-state index in [0.29, 0.717) is 13.0 Å². The maximum absolute atomic E-state index is 9.92. The van der Waals surface area contributed by atoms with Crippen LogP contribution >= 0.6 is 0 Å². The van der Waals surface area contributed by atoms with Crippen LogP contribution in [0, 0.1) is 6.92 Å². The number of rotatable bonds is 3. The Bertz CT molecular complexity index is 502. The van der Waals surface area contributed by atoms with Crippen molar-refractivity contribution in [2.75, 3.05) is 6.54 Å². The zero-order chi connectivity index (χ0) is 11.7. The van der Waals surface area contributed by atoms with Crippen LogP contribution in [0.2, 0.25) is 0 Å². The van der Waals surface area contributed by atoms with Crippen molar-refractivity contribution in [1.29, 1.82) is 0 Å². The average molecular weight is 218 g/mol. The molecule has 3 heteroatoms. The van der Waals surface area contributed by atoms with Gasteiger partial charge in [-0.25, -0.2) is 0 Å². The van der Waals surface area contributed by atoms with Crippen LogP contribution in [-0.2, 0) is 7.05 Å². The zero-order valence-electron chi connectivity index (χ0n) is 9.77. The van der Waals surface area contributed by atoms with Crippen LogP contribution in [0.3, 0.4) is 0 Å². The minimum atomic E-state index is -0.451. The molecule has 86 valence electrons. The molecular formula is C13H18N2O. The quantitative estimate of drug-likeness (QED) is 0.826. The van der Waals surface area contributed by atoms with E-state index in [0.717, 1.165) is 5.56 Å². The average Bonchev–Trinajstić information content (AvgIpc) is 2.61. The number of benzene rings is 1. The second-order valence-electron chi connectivity index (χ2n) is 4.30. The molecule has 1 atom stereocenters. The third-order valence-electron chi connectivity index (χ3n) is 3.01. The monoisotopic (exact) mass is 218 g/mol. The van der Waals surface area contributed by atoms with Crippen LogP contribution in [0.1, 0.15) is 23.7 Å². The molecule has 3 N–H and O–H groups in total. The van der Waals surface area contributed by atoms with E-state index in [1.165, 1.54) is 16.5 Å². The lowest BCUT2D eigenvalue weighted by Gasteiger charge is -2.11. The van der Waals surface area contributed by atoms with E-state index < -0.39 is 6.10 Å². The molecule has 2 aromatic rings. The third-order valence-corrected chi connectivity index (χ3v) is 3.01. The van der Waals surface area contributed by atoms with Gasteiger partial charge in [-0.2, -0.15) is 0 Å². The normalized spacial score (nSPS) is 13.2. The molecule has 0 aliphatic heterocycles. The van der Waals surface area contributed by atoms with E-state index in [4.69, 9.17) is 5.73 Å². The SMILES string of the molecule is Cc1cc(C(O)CCN)cc2ccn(C)c12. The molecule has 1 heterocycles. The first-order valence-corrected chi connectivity index (χ1v) is 5.57. The van der Waals surface area contributed by atoms with Crippen molar-refractivity contribution in [3.63, 3.8) is 0 Å². The summed E-state index contributed by atoms with van der Waals surface area (Å²) in [6, 6.07) is 6.16. The van der Waals surface area contributed by atoms with E-state index in [9.17, 15) is 5.11 Å². The number of aliphatic hydroxyl groups excluding tert-OH is 1. The summed E-state index contributed by atoms with van der Waals surface area (Å²) in [5, 5.41) is 11.1. The van der Waals surface area contributed by atoms with Crippen LogP contribution in [0.4, 0.5) is 0 Å². The zero-order valence-corrected chi connectivity index (χ0v) is 9.77. The van der Waals surface area contributed by atoms with Crippen LogP contribution in [0.5, 0.6) is 0 Å². The van der Waals surface area contributed by atoms with E-state index in [1.54, 1.807) is 0 Å². The summed E-state index contributed by atoms with van der Waals surface area (Å²) in [5.74, 6) is 0. The molecule has 0 bridgehead atoms. The highest BCUT2D eigenvalue weighted by Gasteiger charge is 2.10. The van der Waals surface area contributed by atoms with E-state index in [-0.39, 0.29) is 0 Å². The molecule has 0 fully saturated rings. The van der Waals surface area contributed by atoms with Gasteiger partial charge >= 0.3 is 0 Å². The molecule has 0 saturated carbocycles. The predicted octanol–water partition coefficient (Wildman–Crippen LogP) is 1.87. The number of fused-ring (bicyclic) bond motifs is 1. The van der Waals surface area contributed by atoms with Crippen molar-refractivity contribution in [3.8, 4) is 0 Å². The first-order chi connectivity index (χ1) is 7.63. The van der Waals surface area contributed by atoms with Gasteiger partial charge in [-0.3, -0.25) is 0 Å². The highest BCUT2D eigenvalue weighted by molar-refractivity contribution is 5.84. The number of hydrogen-bond acceptors (Lipinski definition) is 2. The highest BCUT2D eigenvalue weighted by atomic mass is 16.3. The molecule has 0 aliphatic carbocycles. The van der Waals surface area contributed by atoms with Crippen molar-refractivity contribution < 1.29 is 5.11 Å². The Morgan fingerprint density at radius 3 is 2.88 bits per heavy atom. The van der Waals surface area contributed by atoms with Gasteiger partial charge < -0.3 is 15.4 Å². The van der Waals surface area contributed by atoms with Gasteiger partial charge in [-0.1, -0.05) is 6.07 Å². The van der Waals surface area contributed by atoms with Gasteiger partial charge in [0.15, 0.2) is 0 Å². The maximum atomic E-state index is 9.92. The van der Waals surface area contributed by atoms with Crippen LogP contribution < -0.4 is 5.73 Å². The topological polar surface area (TPSA) is 51.2 Å². The van der Waals surface area contributed by atoms with Gasteiger partial charge in [0.1, 0.15) is 0 Å². The Kier molecular flexibility index (Phi) is 2.99. The van der Waals surface area contributed by atoms with Crippen LogP contribution in [-0.4, -0.2) is 16.2 Å². The highest BCUT2D eigenvalue weighted by Crippen LogP contribution is 2.25. The smallest absolute Gasteiger partial charge is 0.0802 e. The van der Waals surface area contributed by atoms with Gasteiger partial charge in [-0.05, 0) is 43.1 Å². The number of aliphatic hydroxyl groups is 1. The van der Waals surface area contributed by atoms with Crippen molar-refractivity contribution in [2.24, 2.45) is 12.8 Å². The van der Waals surface area contributed by atoms with Crippen molar-refractivity contribution in [3.05, 3.63) is 35.5 Å². The summed E-state index contributed by atoms with van der Waals surface area (Å²) in [4.78, 5) is 0. The van der Waals surface area contributed by atoms with Crippen molar-refractivity contribution in [2.45, 2.75) is 19.4 Å². The number of hydrogen-bond donors (Lipinski definition) is 2. The van der Waals surface area contributed by atoms with E-state index >= 15 is 0 Å². The second-order valence-corrected chi connectivity index (χ2v) is 4.30. The van der Waals surface area contributed by atoms with Gasteiger partial charge in [0.25, 0.3) is 0 Å². The summed E-state index contributed by atoms with van der Waals surface area (Å²) in [6.07, 6.45) is 2.20. The minimum Gasteiger partial charge on any atom is -0.388 e. The second kappa shape index (κ2) is 4.28. The van der Waals surface area contributed by atoms with Crippen LogP contribution in [0.25, 0.3) is 10.9 Å². The standard InChI is InChI=1S/C13H18N2O/c1-9-7-11(12(16)3-5-14)8-10-4-6-15(2)13(9)10/h4,6-8,12,16H,3,5,14H2,1-2H3. The Morgan fingerprint density at radius 2 is 2.19 bits per heavy atom. The lowest BCUT2D eigenvalue weighted by atomic mass is 10.0. The predicted molar refractivity (Wildman–Crippen MR) is 66.3 cm³/mol. The van der Waals surface area contributed by atoms with E-state index in [2.05, 4.69) is 17.6 Å². The summed E-state index contributed by atoms with van der Waals surface area (Å²) >= 11 is 0. The summed E-state index contributed by atoms with van der Waals surface area (Å²) < 4.78 is 2.10. The van der Waals surface area contributed by atoms with Gasteiger partial charge in [0.2, 0.25) is 0 Å². The lowest BCUT2D eigenvalue weighted by molar-refractivity contribution is 0.170. The van der Waals surface area contributed by atoms with E-state index in [1.807, 2.05) is 25.4 Å². The number of aryl methyl sites for hydroxylation is 2. The fourth-order valence-electron chi connectivity index (χ4n) is 2.23. The molecule has 16 heavy (non-hydrogen) atoms. The first-order valence-electron chi connectivity index (χ1n) is 5.57. The third kappa shape index (κ3) is 1.84. The lowest BCUT2D eigenvalue weighted by Crippen LogP contribution is -2.07. The number of nitrogens with two attached hydrogens (primary N) is 1. The van der Waals surface area contributed by atoms with Crippen molar-refractivity contribution >= 4 is 10.9 Å². The summed E-state index contributed by atoms with van der Waals surface area (Å²) in [5.41, 5.74) is 8.83. The molecule has 0 amide bonds.